The van der Waals surface area contributed by atoms with Crippen molar-refractivity contribution in [1.82, 2.24) is 20.4 Å². The van der Waals surface area contributed by atoms with Crippen LogP contribution in [0.3, 0.4) is 0 Å². The third kappa shape index (κ3) is 4.74. The molecule has 4 rings (SSSR count). The molecule has 29 heavy (non-hydrogen) atoms. The fourth-order valence-corrected chi connectivity index (χ4v) is 4.62. The summed E-state index contributed by atoms with van der Waals surface area (Å²) in [6.45, 7) is 3.01. The largest absolute Gasteiger partial charge is 0.355 e. The van der Waals surface area contributed by atoms with Gasteiger partial charge < -0.3 is 10.6 Å². The van der Waals surface area contributed by atoms with Crippen LogP contribution in [0.25, 0.3) is 0 Å². The average Bonchev–Trinajstić information content (AvgIpc) is 3.44. The Kier molecular flexibility index (Phi) is 7.50. The Morgan fingerprint density at radius 3 is 2.38 bits per heavy atom. The number of hydrogen-bond acceptors (Lipinski definition) is 4. The quantitative estimate of drug-likeness (QED) is 0.274. The summed E-state index contributed by atoms with van der Waals surface area (Å²) in [5, 5.41) is 6.74. The van der Waals surface area contributed by atoms with Gasteiger partial charge in [0.2, 0.25) is 0 Å². The number of benzene rings is 1. The molecule has 0 bridgehead atoms. The molecule has 2 fully saturated rings. The van der Waals surface area contributed by atoms with Gasteiger partial charge in [-0.1, -0.05) is 25.0 Å². The Morgan fingerprint density at radius 1 is 1.10 bits per heavy atom. The molecule has 2 heterocycles. The Morgan fingerprint density at radius 2 is 1.76 bits per heavy atom. The second kappa shape index (κ2) is 9.88. The highest BCUT2D eigenvalue weighted by Crippen LogP contribution is 2.26. The minimum Gasteiger partial charge on any atom is -0.355 e. The van der Waals surface area contributed by atoms with Gasteiger partial charge in [0.05, 0.1) is 11.1 Å². The molecule has 158 valence electrons. The maximum absolute atomic E-state index is 12.4. The van der Waals surface area contributed by atoms with Crippen molar-refractivity contribution < 1.29 is 9.59 Å². The van der Waals surface area contributed by atoms with Crippen LogP contribution in [0.4, 0.5) is 0 Å². The summed E-state index contributed by atoms with van der Waals surface area (Å²) in [4.78, 5) is 33.1. The van der Waals surface area contributed by atoms with Crippen LogP contribution in [0, 0.1) is 0 Å². The van der Waals surface area contributed by atoms with Crippen molar-refractivity contribution in [2.45, 2.75) is 44.2 Å². The van der Waals surface area contributed by atoms with E-state index in [-0.39, 0.29) is 35.8 Å². The van der Waals surface area contributed by atoms with Crippen molar-refractivity contribution in [2.75, 3.05) is 33.2 Å². The molecular weight excluding hydrogens is 481 g/mol. The van der Waals surface area contributed by atoms with Gasteiger partial charge in [0.15, 0.2) is 5.96 Å². The number of aliphatic imine (C=N–C) groups is 1. The van der Waals surface area contributed by atoms with E-state index >= 15 is 0 Å². The van der Waals surface area contributed by atoms with Gasteiger partial charge in [-0.05, 0) is 31.4 Å². The number of guanidine groups is 1. The standard InChI is InChI=1S/C21H29N5O2.HI/c1-22-21(24-15-10-12-25(14-15)16-6-2-3-7-16)23-11-13-26-19(27)17-8-4-5-9-18(17)20(26)28;/h4-5,8-9,15-16H,2-3,6-7,10-14H2,1H3,(H2,22,23,24);1H. The number of nitrogens with zero attached hydrogens (tertiary/aromatic N) is 3. The lowest BCUT2D eigenvalue weighted by Gasteiger charge is -2.24. The summed E-state index contributed by atoms with van der Waals surface area (Å²) >= 11 is 0. The molecule has 1 aromatic rings. The molecular formula is C21H30IN5O2. The van der Waals surface area contributed by atoms with Crippen molar-refractivity contribution in [1.29, 1.82) is 0 Å². The number of halogens is 1. The van der Waals surface area contributed by atoms with Crippen LogP contribution in [0.15, 0.2) is 29.3 Å². The number of rotatable bonds is 5. The van der Waals surface area contributed by atoms with Crippen molar-refractivity contribution >= 4 is 41.8 Å². The van der Waals surface area contributed by atoms with Crippen LogP contribution in [-0.4, -0.2) is 72.9 Å². The lowest BCUT2D eigenvalue weighted by Crippen LogP contribution is -2.47. The fraction of sp³-hybridized carbons (Fsp3) is 0.571. The second-order valence-corrected chi connectivity index (χ2v) is 7.87. The first-order valence-electron chi connectivity index (χ1n) is 10.3. The van der Waals surface area contributed by atoms with E-state index in [2.05, 4.69) is 20.5 Å². The van der Waals surface area contributed by atoms with Gasteiger partial charge >= 0.3 is 0 Å². The third-order valence-electron chi connectivity index (χ3n) is 6.13. The topological polar surface area (TPSA) is 77.0 Å². The zero-order valence-corrected chi connectivity index (χ0v) is 19.2. The van der Waals surface area contributed by atoms with E-state index in [0.29, 0.717) is 30.3 Å². The number of nitrogens with one attached hydrogen (secondary N) is 2. The number of hydrogen-bond donors (Lipinski definition) is 2. The first kappa shape index (κ1) is 22.0. The van der Waals surface area contributed by atoms with E-state index < -0.39 is 0 Å². The Balaban J connectivity index is 0.00000240. The zero-order valence-electron chi connectivity index (χ0n) is 16.9. The van der Waals surface area contributed by atoms with Crippen LogP contribution in [0.5, 0.6) is 0 Å². The molecule has 0 radical (unpaired) electrons. The van der Waals surface area contributed by atoms with Crippen molar-refractivity contribution in [3.8, 4) is 0 Å². The summed E-state index contributed by atoms with van der Waals surface area (Å²) < 4.78 is 0. The molecule has 3 aliphatic rings. The molecule has 1 atom stereocenters. The lowest BCUT2D eigenvalue weighted by atomic mass is 10.1. The number of fused-ring (bicyclic) bond motifs is 1. The molecule has 2 N–H and O–H groups in total. The van der Waals surface area contributed by atoms with Gasteiger partial charge in [-0.3, -0.25) is 24.4 Å². The number of amides is 2. The maximum atomic E-state index is 12.4. The van der Waals surface area contributed by atoms with E-state index in [4.69, 9.17) is 0 Å². The van der Waals surface area contributed by atoms with Crippen molar-refractivity contribution in [3.63, 3.8) is 0 Å². The van der Waals surface area contributed by atoms with Crippen LogP contribution < -0.4 is 10.6 Å². The summed E-state index contributed by atoms with van der Waals surface area (Å²) in [5.74, 6) is 0.302. The SMILES string of the molecule is CN=C(NCCN1C(=O)c2ccccc2C1=O)NC1CCN(C2CCCC2)C1.I. The average molecular weight is 511 g/mol. The second-order valence-electron chi connectivity index (χ2n) is 7.87. The number of imide groups is 1. The minimum absolute atomic E-state index is 0. The molecule has 7 nitrogen and oxygen atoms in total. The number of likely N-dealkylation sites (tertiary alicyclic amines) is 1. The van der Waals surface area contributed by atoms with Gasteiger partial charge in [0, 0.05) is 45.3 Å². The van der Waals surface area contributed by atoms with Gasteiger partial charge in [-0.2, -0.15) is 0 Å². The van der Waals surface area contributed by atoms with Crippen molar-refractivity contribution in [3.05, 3.63) is 35.4 Å². The first-order chi connectivity index (χ1) is 13.7. The molecule has 0 aromatic heterocycles. The summed E-state index contributed by atoms with van der Waals surface area (Å²) in [5.41, 5.74) is 0.987. The highest BCUT2D eigenvalue weighted by molar-refractivity contribution is 14.0. The normalized spacial score (nSPS) is 22.7. The monoisotopic (exact) mass is 511 g/mol. The molecule has 2 amide bonds. The number of carbonyl (C=O) groups is 2. The summed E-state index contributed by atoms with van der Waals surface area (Å²) in [7, 11) is 1.75. The Hall–Kier alpha value is -1.68. The van der Waals surface area contributed by atoms with Gasteiger partial charge in [-0.15, -0.1) is 24.0 Å². The van der Waals surface area contributed by atoms with Crippen LogP contribution in [0.1, 0.15) is 52.8 Å². The minimum atomic E-state index is -0.214. The van der Waals surface area contributed by atoms with Gasteiger partial charge in [-0.25, -0.2) is 0 Å². The van der Waals surface area contributed by atoms with E-state index in [1.165, 1.54) is 30.6 Å². The fourth-order valence-electron chi connectivity index (χ4n) is 4.62. The highest BCUT2D eigenvalue weighted by Gasteiger charge is 2.34. The van der Waals surface area contributed by atoms with Gasteiger partial charge in [0.1, 0.15) is 0 Å². The third-order valence-corrected chi connectivity index (χ3v) is 6.13. The van der Waals surface area contributed by atoms with Gasteiger partial charge in [0.25, 0.3) is 11.8 Å². The molecule has 1 aromatic carbocycles. The van der Waals surface area contributed by atoms with Crippen LogP contribution in [0.2, 0.25) is 0 Å². The smallest absolute Gasteiger partial charge is 0.261 e. The predicted octanol–water partition coefficient (Wildman–Crippen LogP) is 2.08. The Bertz CT molecular complexity index is 743. The molecule has 1 aliphatic carbocycles. The molecule has 1 saturated heterocycles. The van der Waals surface area contributed by atoms with Crippen LogP contribution in [-0.2, 0) is 0 Å². The molecule has 1 saturated carbocycles. The summed E-state index contributed by atoms with van der Waals surface area (Å²) in [6.07, 6.45) is 6.51. The van der Waals surface area contributed by atoms with E-state index in [9.17, 15) is 9.59 Å². The van der Waals surface area contributed by atoms with Crippen LogP contribution >= 0.6 is 24.0 Å². The molecule has 2 aliphatic heterocycles. The highest BCUT2D eigenvalue weighted by atomic mass is 127. The van der Waals surface area contributed by atoms with E-state index in [1.54, 1.807) is 31.3 Å². The Labute approximate surface area is 189 Å². The summed E-state index contributed by atoms with van der Waals surface area (Å²) in [6, 6.07) is 8.14. The van der Waals surface area contributed by atoms with E-state index in [0.717, 1.165) is 31.5 Å². The maximum Gasteiger partial charge on any atom is 0.261 e. The van der Waals surface area contributed by atoms with E-state index in [1.807, 2.05) is 0 Å². The molecule has 8 heteroatoms. The molecule has 0 spiro atoms. The number of carbonyl (C=O) groups excluding carboxylic acids is 2. The zero-order chi connectivity index (χ0) is 19.5. The molecule has 1 unspecified atom stereocenters. The predicted molar refractivity (Wildman–Crippen MR) is 124 cm³/mol. The first-order valence-corrected chi connectivity index (χ1v) is 10.3. The van der Waals surface area contributed by atoms with Crippen molar-refractivity contribution in [2.24, 2.45) is 4.99 Å². The lowest BCUT2D eigenvalue weighted by molar-refractivity contribution is 0.0657.